The molecule has 0 aliphatic carbocycles. The summed E-state index contributed by atoms with van der Waals surface area (Å²) in [4.78, 5) is 40.5. The predicted octanol–water partition coefficient (Wildman–Crippen LogP) is 2.10. The Balaban J connectivity index is 2.05. The normalized spacial score (nSPS) is 22.3. The summed E-state index contributed by atoms with van der Waals surface area (Å²) in [7, 11) is -4.06. The van der Waals surface area contributed by atoms with Gasteiger partial charge in [-0.3, -0.25) is 23.2 Å². The number of hydrogen-bond donors (Lipinski definition) is 3. The highest BCUT2D eigenvalue weighted by molar-refractivity contribution is 8.13. The summed E-state index contributed by atoms with van der Waals surface area (Å²) in [5, 5.41) is 11.7. The van der Waals surface area contributed by atoms with Gasteiger partial charge in [-0.05, 0) is 47.1 Å². The van der Waals surface area contributed by atoms with Crippen LogP contribution in [0.15, 0.2) is 17.1 Å². The molecular weight excluding hydrogens is 539 g/mol. The number of aliphatic hydroxyl groups is 1. The Hall–Kier alpha value is -1.80. The average molecular weight is 579 g/mol. The fourth-order valence-corrected chi connectivity index (χ4v) is 5.88. The van der Waals surface area contributed by atoms with Crippen molar-refractivity contribution in [1.82, 2.24) is 14.6 Å². The van der Waals surface area contributed by atoms with E-state index in [-0.39, 0.29) is 48.5 Å². The zero-order valence-corrected chi connectivity index (χ0v) is 24.3. The topological polar surface area (TPSA) is 181 Å². The average Bonchev–Trinajstić information content (AvgIpc) is 3.20. The number of ether oxygens (including phenoxy) is 2. The molecule has 4 N–H and O–H groups in total. The van der Waals surface area contributed by atoms with Crippen molar-refractivity contribution in [3.8, 4) is 0 Å². The van der Waals surface area contributed by atoms with E-state index in [1.54, 1.807) is 27.7 Å². The van der Waals surface area contributed by atoms with E-state index >= 15 is 0 Å². The highest BCUT2D eigenvalue weighted by Gasteiger charge is 2.38. The Bertz CT molecular complexity index is 1070. The molecule has 0 spiro atoms. The van der Waals surface area contributed by atoms with Gasteiger partial charge in [-0.25, -0.2) is 14.4 Å². The molecule has 0 radical (unpaired) electrons. The lowest BCUT2D eigenvalue weighted by atomic mass is 9.97. The van der Waals surface area contributed by atoms with Crippen molar-refractivity contribution in [3.63, 3.8) is 0 Å². The Kier molecular flexibility index (Phi) is 12.0. The Labute approximate surface area is 226 Å². The first-order chi connectivity index (χ1) is 17.7. The number of anilines is 1. The molecule has 2 heterocycles. The number of aromatic nitrogens is 2. The number of carbonyl (C=O) groups excluding carboxylic acids is 2. The van der Waals surface area contributed by atoms with Gasteiger partial charge in [-0.1, -0.05) is 18.7 Å². The maximum Gasteiger partial charge on any atom is 0.406 e. The molecule has 2 rings (SSSR count). The summed E-state index contributed by atoms with van der Waals surface area (Å²) in [6.45, 7) is 9.38. The molecule has 1 fully saturated rings. The van der Waals surface area contributed by atoms with Crippen molar-refractivity contribution >= 4 is 36.4 Å². The molecule has 1 aromatic heterocycles. The molecule has 13 nitrogen and oxygen atoms in total. The van der Waals surface area contributed by atoms with Crippen molar-refractivity contribution in [2.24, 2.45) is 11.3 Å². The van der Waals surface area contributed by atoms with E-state index in [2.05, 4.69) is 10.1 Å². The second-order valence-electron chi connectivity index (χ2n) is 10.0. The van der Waals surface area contributed by atoms with Crippen LogP contribution in [0.25, 0.3) is 0 Å². The monoisotopic (exact) mass is 578 g/mol. The molecule has 5 unspecified atom stereocenters. The molecule has 15 heteroatoms. The highest BCUT2D eigenvalue weighted by Crippen LogP contribution is 2.46. The van der Waals surface area contributed by atoms with E-state index in [9.17, 15) is 24.1 Å². The van der Waals surface area contributed by atoms with Crippen molar-refractivity contribution in [3.05, 3.63) is 22.7 Å². The first-order valence-corrected chi connectivity index (χ1v) is 14.9. The molecule has 1 aromatic rings. The lowest BCUT2D eigenvalue weighted by molar-refractivity contribution is -0.149. The fraction of sp³-hybridized carbons (Fsp3) is 0.739. The van der Waals surface area contributed by atoms with E-state index in [1.807, 2.05) is 6.92 Å². The van der Waals surface area contributed by atoms with Crippen molar-refractivity contribution in [2.45, 2.75) is 72.4 Å². The predicted molar refractivity (Wildman–Crippen MR) is 142 cm³/mol. The number of nitrogens with one attached hydrogen (secondary N) is 1. The number of esters is 1. The second-order valence-corrected chi connectivity index (χ2v) is 12.9. The molecule has 1 aliphatic rings. The van der Waals surface area contributed by atoms with E-state index in [4.69, 9.17) is 24.3 Å². The van der Waals surface area contributed by atoms with E-state index in [1.165, 1.54) is 23.8 Å². The molecule has 0 amide bonds. The zero-order chi connectivity index (χ0) is 28.7. The van der Waals surface area contributed by atoms with Gasteiger partial charge in [0.1, 0.15) is 18.1 Å². The van der Waals surface area contributed by atoms with Crippen LogP contribution in [0.5, 0.6) is 0 Å². The number of rotatable bonds is 14. The summed E-state index contributed by atoms with van der Waals surface area (Å²) >= 11 is 0.934. The number of nitrogens with zero attached hydrogens (tertiary/aromatic N) is 2. The number of hydrogen-bond acceptors (Lipinski definition) is 12. The summed E-state index contributed by atoms with van der Waals surface area (Å²) in [6.07, 6.45) is 0.477. The molecule has 5 atom stereocenters. The molecule has 0 saturated carbocycles. The molecule has 0 aromatic carbocycles. The first kappa shape index (κ1) is 32.4. The van der Waals surface area contributed by atoms with Gasteiger partial charge in [0.25, 0.3) is 0 Å². The molecular formula is C23H39N4O9PS. The van der Waals surface area contributed by atoms with Gasteiger partial charge < -0.3 is 20.3 Å². The third-order valence-electron chi connectivity index (χ3n) is 5.59. The maximum absolute atomic E-state index is 13.6. The van der Waals surface area contributed by atoms with Gasteiger partial charge in [0.2, 0.25) is 0 Å². The van der Waals surface area contributed by atoms with Crippen LogP contribution in [0, 0.1) is 11.3 Å². The van der Waals surface area contributed by atoms with Gasteiger partial charge in [0, 0.05) is 17.9 Å². The van der Waals surface area contributed by atoms with Crippen LogP contribution in [-0.2, 0) is 32.7 Å². The van der Waals surface area contributed by atoms with E-state index in [0.717, 1.165) is 11.8 Å². The fourth-order valence-electron chi connectivity index (χ4n) is 3.45. The van der Waals surface area contributed by atoms with Gasteiger partial charge in [-0.15, -0.1) is 0 Å². The van der Waals surface area contributed by atoms with E-state index in [0.29, 0.717) is 6.42 Å². The van der Waals surface area contributed by atoms with Crippen LogP contribution in [0.1, 0.15) is 54.2 Å². The maximum atomic E-state index is 13.6. The lowest BCUT2D eigenvalue weighted by Crippen LogP contribution is -2.36. The zero-order valence-electron chi connectivity index (χ0n) is 22.6. The summed E-state index contributed by atoms with van der Waals surface area (Å²) in [6, 6.07) is 0.483. The number of thioether (sulfide) groups is 1. The Morgan fingerprint density at radius 3 is 2.66 bits per heavy atom. The Morgan fingerprint density at radius 1 is 1.37 bits per heavy atom. The van der Waals surface area contributed by atoms with Crippen LogP contribution in [-0.4, -0.2) is 69.6 Å². The molecule has 1 saturated heterocycles. The molecule has 1 aliphatic heterocycles. The third kappa shape index (κ3) is 9.44. The Morgan fingerprint density at radius 2 is 2.05 bits per heavy atom. The van der Waals surface area contributed by atoms with Crippen LogP contribution in [0.4, 0.5) is 5.82 Å². The summed E-state index contributed by atoms with van der Waals surface area (Å²) in [5.74, 6) is -0.473. The van der Waals surface area contributed by atoms with Gasteiger partial charge >= 0.3 is 19.4 Å². The van der Waals surface area contributed by atoms with Gasteiger partial charge in [-0.2, -0.15) is 4.98 Å². The highest BCUT2D eigenvalue weighted by atomic mass is 32.2. The second kappa shape index (κ2) is 14.0. The summed E-state index contributed by atoms with van der Waals surface area (Å²) in [5.41, 5.74) is 4.09. The lowest BCUT2D eigenvalue weighted by Gasteiger charge is -2.24. The van der Waals surface area contributed by atoms with Gasteiger partial charge in [0.15, 0.2) is 5.12 Å². The number of nitrogen functional groups attached to an aromatic ring is 1. The van der Waals surface area contributed by atoms with Crippen molar-refractivity contribution < 1.29 is 37.8 Å². The smallest absolute Gasteiger partial charge is 0.406 e. The SMILES string of the molecule is CC(C)OC(=O)C(C)NP(=O)(OCCSC(=O)C(C)(C)CO)OCC1CC(C)C(n2ccc(N)nc2=O)O1. The van der Waals surface area contributed by atoms with Crippen LogP contribution in [0.3, 0.4) is 0 Å². The number of aliphatic hydroxyl groups excluding tert-OH is 1. The minimum Gasteiger partial charge on any atom is -0.462 e. The van der Waals surface area contributed by atoms with Crippen LogP contribution < -0.4 is 16.5 Å². The number of nitrogens with two attached hydrogens (primary N) is 1. The standard InChI is InChI=1S/C23H39N4O9PS/c1-14(2)35-20(29)16(4)26-37(32,33-9-10-38-21(30)23(5,6)13-28)34-12-17-11-15(3)19(36-17)27-8-7-18(24)25-22(27)31/h7-8,14-17,19,28H,9-13H2,1-6H3,(H,26,32)(H2,24,25,31). The minimum absolute atomic E-state index is 0.0859. The largest absolute Gasteiger partial charge is 0.462 e. The molecule has 38 heavy (non-hydrogen) atoms. The molecule has 216 valence electrons. The quantitative estimate of drug-likeness (QED) is 0.166. The van der Waals surface area contributed by atoms with Crippen molar-refractivity contribution in [2.75, 3.05) is 31.3 Å². The first-order valence-electron chi connectivity index (χ1n) is 12.3. The third-order valence-corrected chi connectivity index (χ3v) is 8.49. The number of carbonyl (C=O) groups is 2. The molecule has 0 bridgehead atoms. The van der Waals surface area contributed by atoms with E-state index < -0.39 is 43.2 Å². The van der Waals surface area contributed by atoms with Gasteiger partial charge in [0.05, 0.1) is 37.4 Å². The van der Waals surface area contributed by atoms with Crippen LogP contribution >= 0.6 is 19.5 Å². The van der Waals surface area contributed by atoms with Crippen molar-refractivity contribution in [1.29, 1.82) is 0 Å². The minimum atomic E-state index is -4.06. The summed E-state index contributed by atoms with van der Waals surface area (Å²) < 4.78 is 37.2. The van der Waals surface area contributed by atoms with Crippen LogP contribution in [0.2, 0.25) is 0 Å².